The number of nitrogens with one attached hydrogen (secondary N) is 1. The quantitative estimate of drug-likeness (QED) is 0.739. The Balaban J connectivity index is 1.95. The van der Waals surface area contributed by atoms with Gasteiger partial charge in [-0.25, -0.2) is 0 Å². The van der Waals surface area contributed by atoms with Gasteiger partial charge in [-0.05, 0) is 35.1 Å². The first-order chi connectivity index (χ1) is 7.38. The van der Waals surface area contributed by atoms with E-state index in [1.54, 1.807) is 5.56 Å². The van der Waals surface area contributed by atoms with Gasteiger partial charge < -0.3 is 5.32 Å². The molecular weight excluding hydrogens is 182 g/mol. The summed E-state index contributed by atoms with van der Waals surface area (Å²) in [6.45, 7) is 3.42. The molecule has 1 nitrogen and oxygen atoms in total. The Morgan fingerprint density at radius 1 is 1.40 bits per heavy atom. The van der Waals surface area contributed by atoms with E-state index in [0.29, 0.717) is 6.04 Å². The molecule has 0 spiro atoms. The van der Waals surface area contributed by atoms with Crippen LogP contribution in [0.5, 0.6) is 0 Å². The minimum absolute atomic E-state index is 0.647. The van der Waals surface area contributed by atoms with E-state index in [0.717, 1.165) is 0 Å². The van der Waals surface area contributed by atoms with Crippen molar-refractivity contribution in [3.63, 3.8) is 0 Å². The van der Waals surface area contributed by atoms with Gasteiger partial charge in [-0.3, -0.25) is 0 Å². The largest absolute Gasteiger partial charge is 0.307 e. The highest BCUT2D eigenvalue weighted by Crippen LogP contribution is 2.34. The first-order valence-electron chi connectivity index (χ1n) is 5.94. The molecule has 1 fully saturated rings. The number of allylic oxidation sites excluding steroid dienone is 2. The summed E-state index contributed by atoms with van der Waals surface area (Å²) in [4.78, 5) is 0. The van der Waals surface area contributed by atoms with Gasteiger partial charge in [0.15, 0.2) is 0 Å². The van der Waals surface area contributed by atoms with Crippen molar-refractivity contribution >= 4 is 5.57 Å². The normalized spacial score (nSPS) is 22.5. The first kappa shape index (κ1) is 9.17. The van der Waals surface area contributed by atoms with E-state index >= 15 is 0 Å². The van der Waals surface area contributed by atoms with Gasteiger partial charge in [0, 0.05) is 12.6 Å². The predicted octanol–water partition coefficient (Wildman–Crippen LogP) is 3.07. The Kier molecular flexibility index (Phi) is 2.14. The maximum Gasteiger partial charge on any atom is 0.0450 e. The molecule has 1 aliphatic heterocycles. The van der Waals surface area contributed by atoms with Crippen molar-refractivity contribution in [1.82, 2.24) is 5.32 Å². The van der Waals surface area contributed by atoms with Gasteiger partial charge in [0.25, 0.3) is 0 Å². The molecule has 0 radical (unpaired) electrons. The Labute approximate surface area is 91.2 Å². The molecule has 0 amide bonds. The molecule has 1 unspecified atom stereocenters. The summed E-state index contributed by atoms with van der Waals surface area (Å²) in [7, 11) is 0. The van der Waals surface area contributed by atoms with E-state index < -0.39 is 0 Å². The lowest BCUT2D eigenvalue weighted by molar-refractivity contribution is 0.892. The predicted molar refractivity (Wildman–Crippen MR) is 63.8 cm³/mol. The lowest BCUT2D eigenvalue weighted by atomic mass is 9.97. The van der Waals surface area contributed by atoms with Crippen LogP contribution in [0.25, 0.3) is 5.57 Å². The van der Waals surface area contributed by atoms with Crippen LogP contribution in [-0.4, -0.2) is 6.54 Å². The van der Waals surface area contributed by atoms with E-state index in [1.165, 1.54) is 42.5 Å². The molecule has 1 saturated heterocycles. The number of aryl methyl sites for hydroxylation is 1. The summed E-state index contributed by atoms with van der Waals surface area (Å²) in [5.41, 5.74) is 6.06. The van der Waals surface area contributed by atoms with Gasteiger partial charge in [-0.1, -0.05) is 37.6 Å². The molecule has 78 valence electrons. The highest BCUT2D eigenvalue weighted by molar-refractivity contribution is 5.77. The molecule has 3 rings (SSSR count). The standard InChI is InChI=1S/C14H17N/c1-2-3-12-8-11(10-4-5-10)6-7-13(12)14-9-15-14/h4,6-8,14-15H,2-3,5,9H2,1H3. The van der Waals surface area contributed by atoms with Crippen molar-refractivity contribution in [3.05, 3.63) is 41.0 Å². The van der Waals surface area contributed by atoms with Crippen LogP contribution in [0.2, 0.25) is 0 Å². The van der Waals surface area contributed by atoms with Crippen LogP contribution < -0.4 is 5.32 Å². The van der Waals surface area contributed by atoms with Gasteiger partial charge in [0.1, 0.15) is 0 Å². The summed E-state index contributed by atoms with van der Waals surface area (Å²) in [5.74, 6) is 0. The van der Waals surface area contributed by atoms with Crippen LogP contribution in [0.3, 0.4) is 0 Å². The summed E-state index contributed by atoms with van der Waals surface area (Å²) in [6.07, 6.45) is 5.96. The van der Waals surface area contributed by atoms with Crippen molar-refractivity contribution in [2.75, 3.05) is 6.54 Å². The third kappa shape index (κ3) is 1.84. The molecule has 1 aromatic carbocycles. The van der Waals surface area contributed by atoms with Crippen LogP contribution in [0, 0.1) is 0 Å². The third-order valence-electron chi connectivity index (χ3n) is 3.23. The molecule has 1 heterocycles. The SMILES string of the molecule is CCCc1cc(C2=CC2)ccc1C1CN1. The molecule has 0 aromatic heterocycles. The zero-order chi connectivity index (χ0) is 10.3. The van der Waals surface area contributed by atoms with Crippen LogP contribution in [0.1, 0.15) is 42.5 Å². The van der Waals surface area contributed by atoms with Crippen molar-refractivity contribution in [1.29, 1.82) is 0 Å². The van der Waals surface area contributed by atoms with Crippen LogP contribution in [0.15, 0.2) is 24.3 Å². The first-order valence-corrected chi connectivity index (χ1v) is 5.94. The lowest BCUT2D eigenvalue weighted by Crippen LogP contribution is -1.95. The minimum Gasteiger partial charge on any atom is -0.307 e. The number of hydrogen-bond acceptors (Lipinski definition) is 1. The molecule has 0 bridgehead atoms. The molecule has 1 heteroatoms. The highest BCUT2D eigenvalue weighted by atomic mass is 15.1. The average molecular weight is 199 g/mol. The molecular formula is C14H17N. The molecule has 1 aliphatic carbocycles. The number of hydrogen-bond donors (Lipinski definition) is 1. The summed E-state index contributed by atoms with van der Waals surface area (Å²) >= 11 is 0. The average Bonchev–Trinajstić information content (AvgIpc) is 3.11. The summed E-state index contributed by atoms with van der Waals surface area (Å²) in [5, 5.41) is 3.40. The zero-order valence-corrected chi connectivity index (χ0v) is 9.22. The molecule has 1 N–H and O–H groups in total. The molecule has 15 heavy (non-hydrogen) atoms. The smallest absolute Gasteiger partial charge is 0.0450 e. The van der Waals surface area contributed by atoms with Gasteiger partial charge in [0.05, 0.1) is 0 Å². The Bertz CT molecular complexity index is 413. The van der Waals surface area contributed by atoms with Gasteiger partial charge in [-0.2, -0.15) is 0 Å². The molecule has 1 atom stereocenters. The van der Waals surface area contributed by atoms with E-state index in [1.807, 2.05) is 0 Å². The number of benzene rings is 1. The fourth-order valence-corrected chi connectivity index (χ4v) is 2.20. The minimum atomic E-state index is 0.647. The molecule has 0 saturated carbocycles. The van der Waals surface area contributed by atoms with E-state index in [2.05, 4.69) is 36.5 Å². The Morgan fingerprint density at radius 2 is 2.20 bits per heavy atom. The Hall–Kier alpha value is -1.08. The van der Waals surface area contributed by atoms with Crippen molar-refractivity contribution < 1.29 is 0 Å². The molecule has 2 aliphatic rings. The van der Waals surface area contributed by atoms with Crippen molar-refractivity contribution in [2.24, 2.45) is 0 Å². The monoisotopic (exact) mass is 199 g/mol. The number of rotatable bonds is 4. The van der Waals surface area contributed by atoms with Crippen LogP contribution >= 0.6 is 0 Å². The van der Waals surface area contributed by atoms with Crippen molar-refractivity contribution in [2.45, 2.75) is 32.2 Å². The maximum absolute atomic E-state index is 3.40. The van der Waals surface area contributed by atoms with Gasteiger partial charge in [-0.15, -0.1) is 0 Å². The van der Waals surface area contributed by atoms with E-state index in [4.69, 9.17) is 0 Å². The zero-order valence-electron chi connectivity index (χ0n) is 9.22. The van der Waals surface area contributed by atoms with Gasteiger partial charge in [0.2, 0.25) is 0 Å². The second kappa shape index (κ2) is 3.49. The fourth-order valence-electron chi connectivity index (χ4n) is 2.20. The fraction of sp³-hybridized carbons (Fsp3) is 0.429. The van der Waals surface area contributed by atoms with E-state index in [9.17, 15) is 0 Å². The van der Waals surface area contributed by atoms with Gasteiger partial charge >= 0.3 is 0 Å². The second-order valence-corrected chi connectivity index (χ2v) is 4.56. The van der Waals surface area contributed by atoms with E-state index in [-0.39, 0.29) is 0 Å². The summed E-state index contributed by atoms with van der Waals surface area (Å²) in [6, 6.07) is 7.66. The highest BCUT2D eigenvalue weighted by Gasteiger charge is 2.25. The van der Waals surface area contributed by atoms with Crippen LogP contribution in [0.4, 0.5) is 0 Å². The third-order valence-corrected chi connectivity index (χ3v) is 3.23. The lowest BCUT2D eigenvalue weighted by Gasteiger charge is -2.08. The Morgan fingerprint density at radius 3 is 2.80 bits per heavy atom. The topological polar surface area (TPSA) is 21.9 Å². The molecule has 1 aromatic rings. The van der Waals surface area contributed by atoms with Crippen LogP contribution in [-0.2, 0) is 6.42 Å². The van der Waals surface area contributed by atoms with Crippen molar-refractivity contribution in [3.8, 4) is 0 Å². The maximum atomic E-state index is 3.40. The second-order valence-electron chi connectivity index (χ2n) is 4.56. The summed E-state index contributed by atoms with van der Waals surface area (Å²) < 4.78 is 0.